The molecule has 0 saturated heterocycles. The first kappa shape index (κ1) is 13.1. The van der Waals surface area contributed by atoms with Crippen molar-refractivity contribution in [3.05, 3.63) is 29.3 Å². The SMILES string of the molecule is COc1cc(C)cc(C(O)C2CCCCC2=O)c1. The second kappa shape index (κ2) is 5.53. The molecule has 0 spiro atoms. The Hall–Kier alpha value is -1.35. The van der Waals surface area contributed by atoms with Crippen LogP contribution in [0.4, 0.5) is 0 Å². The molecule has 0 heterocycles. The van der Waals surface area contributed by atoms with E-state index >= 15 is 0 Å². The zero-order valence-corrected chi connectivity index (χ0v) is 11.0. The van der Waals surface area contributed by atoms with Crippen LogP contribution >= 0.6 is 0 Å². The van der Waals surface area contributed by atoms with Crippen LogP contribution in [0, 0.1) is 12.8 Å². The lowest BCUT2D eigenvalue weighted by atomic mass is 9.81. The van der Waals surface area contributed by atoms with Crippen molar-refractivity contribution in [1.29, 1.82) is 0 Å². The van der Waals surface area contributed by atoms with Crippen LogP contribution in [0.5, 0.6) is 5.75 Å². The van der Waals surface area contributed by atoms with Crippen LogP contribution in [0.2, 0.25) is 0 Å². The number of aliphatic hydroxyl groups excluding tert-OH is 1. The third kappa shape index (κ3) is 2.72. The number of carbonyl (C=O) groups excluding carboxylic acids is 1. The smallest absolute Gasteiger partial charge is 0.138 e. The largest absolute Gasteiger partial charge is 0.497 e. The van der Waals surface area contributed by atoms with Crippen molar-refractivity contribution in [3.8, 4) is 5.75 Å². The Bertz CT molecular complexity index is 439. The molecule has 0 aliphatic heterocycles. The number of ether oxygens (including phenoxy) is 1. The molecule has 1 aromatic carbocycles. The van der Waals surface area contributed by atoms with Crippen molar-refractivity contribution in [1.82, 2.24) is 0 Å². The molecule has 1 aromatic rings. The first-order valence-corrected chi connectivity index (χ1v) is 6.48. The summed E-state index contributed by atoms with van der Waals surface area (Å²) in [5, 5.41) is 10.4. The average Bonchev–Trinajstić information content (AvgIpc) is 2.37. The van der Waals surface area contributed by atoms with Gasteiger partial charge in [-0.15, -0.1) is 0 Å². The predicted octanol–water partition coefficient (Wildman–Crippen LogP) is 2.80. The topological polar surface area (TPSA) is 46.5 Å². The molecule has 3 heteroatoms. The molecule has 2 atom stereocenters. The Labute approximate surface area is 108 Å². The highest BCUT2D eigenvalue weighted by atomic mass is 16.5. The number of aryl methyl sites for hydroxylation is 1. The molecule has 2 rings (SSSR count). The van der Waals surface area contributed by atoms with Crippen molar-refractivity contribution >= 4 is 5.78 Å². The predicted molar refractivity (Wildman–Crippen MR) is 69.7 cm³/mol. The number of aliphatic hydroxyl groups is 1. The zero-order chi connectivity index (χ0) is 13.1. The van der Waals surface area contributed by atoms with Crippen molar-refractivity contribution in [3.63, 3.8) is 0 Å². The second-order valence-electron chi connectivity index (χ2n) is 5.05. The Morgan fingerprint density at radius 3 is 2.78 bits per heavy atom. The molecule has 1 fully saturated rings. The van der Waals surface area contributed by atoms with Gasteiger partial charge in [0.15, 0.2) is 0 Å². The Morgan fingerprint density at radius 2 is 2.11 bits per heavy atom. The summed E-state index contributed by atoms with van der Waals surface area (Å²) in [6, 6.07) is 5.66. The molecular formula is C15H20O3. The van der Waals surface area contributed by atoms with Gasteiger partial charge in [0, 0.05) is 12.3 Å². The standard InChI is InChI=1S/C15H20O3/c1-10-7-11(9-12(8-10)18-2)15(17)13-5-3-4-6-14(13)16/h7-9,13,15,17H,3-6H2,1-2H3. The Kier molecular flexibility index (Phi) is 4.02. The molecule has 0 radical (unpaired) electrons. The van der Waals surface area contributed by atoms with E-state index in [9.17, 15) is 9.90 Å². The second-order valence-corrected chi connectivity index (χ2v) is 5.05. The summed E-state index contributed by atoms with van der Waals surface area (Å²) >= 11 is 0. The first-order chi connectivity index (χ1) is 8.61. The number of carbonyl (C=O) groups is 1. The van der Waals surface area contributed by atoms with Crippen LogP contribution in [0.3, 0.4) is 0 Å². The van der Waals surface area contributed by atoms with Gasteiger partial charge in [0.1, 0.15) is 11.5 Å². The summed E-state index contributed by atoms with van der Waals surface area (Å²) in [7, 11) is 1.61. The highest BCUT2D eigenvalue weighted by Gasteiger charge is 2.30. The van der Waals surface area contributed by atoms with Crippen LogP contribution < -0.4 is 4.74 Å². The quantitative estimate of drug-likeness (QED) is 0.894. The van der Waals surface area contributed by atoms with Crippen LogP contribution in [0.25, 0.3) is 0 Å². The number of benzene rings is 1. The summed E-state index contributed by atoms with van der Waals surface area (Å²) in [6.07, 6.45) is 2.67. The van der Waals surface area contributed by atoms with Gasteiger partial charge >= 0.3 is 0 Å². The molecule has 18 heavy (non-hydrogen) atoms. The molecule has 1 aliphatic rings. The molecule has 0 aromatic heterocycles. The van der Waals surface area contributed by atoms with Gasteiger partial charge < -0.3 is 9.84 Å². The molecular weight excluding hydrogens is 228 g/mol. The number of ketones is 1. The Morgan fingerprint density at radius 1 is 1.33 bits per heavy atom. The summed E-state index contributed by atoms with van der Waals surface area (Å²) < 4.78 is 5.20. The van der Waals surface area contributed by atoms with Crippen molar-refractivity contribution < 1.29 is 14.6 Å². The van der Waals surface area contributed by atoms with Crippen molar-refractivity contribution in [2.75, 3.05) is 7.11 Å². The number of rotatable bonds is 3. The van der Waals surface area contributed by atoms with E-state index < -0.39 is 6.10 Å². The van der Waals surface area contributed by atoms with Crippen molar-refractivity contribution in [2.45, 2.75) is 38.7 Å². The molecule has 1 saturated carbocycles. The molecule has 0 bridgehead atoms. The molecule has 1 N–H and O–H groups in total. The summed E-state index contributed by atoms with van der Waals surface area (Å²) in [5.41, 5.74) is 1.82. The van der Waals surface area contributed by atoms with E-state index in [1.807, 2.05) is 25.1 Å². The molecule has 2 unspecified atom stereocenters. The maximum atomic E-state index is 11.9. The van der Waals surface area contributed by atoms with Gasteiger partial charge in [0.05, 0.1) is 13.2 Å². The van der Waals surface area contributed by atoms with Gasteiger partial charge in [0.2, 0.25) is 0 Å². The number of Topliss-reactive ketones (excluding diaryl/α,β-unsaturated/α-hetero) is 1. The zero-order valence-electron chi connectivity index (χ0n) is 11.0. The minimum absolute atomic E-state index is 0.189. The van der Waals surface area contributed by atoms with Crippen LogP contribution in [0.15, 0.2) is 18.2 Å². The van der Waals surface area contributed by atoms with Gasteiger partial charge in [-0.3, -0.25) is 4.79 Å². The van der Waals surface area contributed by atoms with Crippen molar-refractivity contribution in [2.24, 2.45) is 5.92 Å². The lowest BCUT2D eigenvalue weighted by molar-refractivity contribution is -0.128. The minimum atomic E-state index is -0.702. The maximum Gasteiger partial charge on any atom is 0.138 e. The van der Waals surface area contributed by atoms with E-state index in [1.54, 1.807) is 7.11 Å². The van der Waals surface area contributed by atoms with E-state index in [0.717, 1.165) is 36.1 Å². The van der Waals surface area contributed by atoms with E-state index in [0.29, 0.717) is 6.42 Å². The molecule has 1 aliphatic carbocycles. The lowest BCUT2D eigenvalue weighted by Crippen LogP contribution is -2.25. The summed E-state index contributed by atoms with van der Waals surface area (Å²) in [5.74, 6) is 0.673. The van der Waals surface area contributed by atoms with Crippen LogP contribution in [-0.4, -0.2) is 18.0 Å². The van der Waals surface area contributed by atoms with Crippen LogP contribution in [0.1, 0.15) is 42.9 Å². The van der Waals surface area contributed by atoms with Gasteiger partial charge in [-0.25, -0.2) is 0 Å². The number of hydrogen-bond acceptors (Lipinski definition) is 3. The van der Waals surface area contributed by atoms with E-state index in [1.165, 1.54) is 0 Å². The summed E-state index contributed by atoms with van der Waals surface area (Å²) in [4.78, 5) is 11.9. The minimum Gasteiger partial charge on any atom is -0.497 e. The lowest BCUT2D eigenvalue weighted by Gasteiger charge is -2.26. The average molecular weight is 248 g/mol. The van der Waals surface area contributed by atoms with E-state index in [-0.39, 0.29) is 11.7 Å². The fourth-order valence-corrected chi connectivity index (χ4v) is 2.64. The molecule has 98 valence electrons. The first-order valence-electron chi connectivity index (χ1n) is 6.48. The van der Waals surface area contributed by atoms with E-state index in [4.69, 9.17) is 4.74 Å². The maximum absolute atomic E-state index is 11.9. The number of hydrogen-bond donors (Lipinski definition) is 1. The van der Waals surface area contributed by atoms with Gasteiger partial charge in [-0.05, 0) is 43.0 Å². The monoisotopic (exact) mass is 248 g/mol. The molecule has 3 nitrogen and oxygen atoms in total. The third-order valence-corrected chi connectivity index (χ3v) is 3.63. The van der Waals surface area contributed by atoms with E-state index in [2.05, 4.69) is 0 Å². The summed E-state index contributed by atoms with van der Waals surface area (Å²) in [6.45, 7) is 1.96. The number of methoxy groups -OCH3 is 1. The highest BCUT2D eigenvalue weighted by molar-refractivity contribution is 5.82. The Balaban J connectivity index is 2.24. The fraction of sp³-hybridized carbons (Fsp3) is 0.533. The molecule has 0 amide bonds. The highest BCUT2D eigenvalue weighted by Crippen LogP contribution is 2.33. The fourth-order valence-electron chi connectivity index (χ4n) is 2.64. The van der Waals surface area contributed by atoms with Gasteiger partial charge in [-0.2, -0.15) is 0 Å². The third-order valence-electron chi connectivity index (χ3n) is 3.63. The van der Waals surface area contributed by atoms with Gasteiger partial charge in [-0.1, -0.05) is 12.5 Å². The van der Waals surface area contributed by atoms with Crippen LogP contribution in [-0.2, 0) is 4.79 Å². The normalized spacial score (nSPS) is 21.7. The van der Waals surface area contributed by atoms with Gasteiger partial charge in [0.25, 0.3) is 0 Å².